The van der Waals surface area contributed by atoms with Crippen LogP contribution < -0.4 is 9.41 Å². The number of benzene rings is 2. The lowest BCUT2D eigenvalue weighted by atomic mass is 10.0. The molecule has 3 heterocycles. The Bertz CT molecular complexity index is 1910. The first-order valence-electron chi connectivity index (χ1n) is 13.0. The third-order valence-corrected chi connectivity index (χ3v) is 7.11. The standard InChI is InChI=1S/C28H18ClF7N6O4/c29-18-4-6-22(41-13-23(38-39-41)28(34,35)36)24(25(18)31)15-2-5-21(42(45)12-15)20(7-8-46-27(32)33)40-11-16(10-37-40)14-1-3-17(26(43)44)19(30)9-14/h1-6,9-13,20,27H,7-8H2,(H,43,44)/p+1/t20-/m0/s1. The summed E-state index contributed by atoms with van der Waals surface area (Å²) in [5.41, 5.74) is -2.04. The molecule has 240 valence electrons. The fraction of sp³-hybridized carbons (Fsp3) is 0.179. The number of pyridine rings is 1. The number of ether oxygens (including phenoxy) is 1. The number of aromatic nitrogens is 6. The smallest absolute Gasteiger partial charge is 0.464 e. The number of carbonyl (C=O) groups is 1. The normalized spacial score (nSPS) is 12.5. The molecule has 3 aromatic heterocycles. The van der Waals surface area contributed by atoms with Gasteiger partial charge in [0.2, 0.25) is 5.69 Å². The van der Waals surface area contributed by atoms with Crippen LogP contribution in [0, 0.1) is 16.8 Å². The topological polar surface area (TPSA) is 124 Å². The van der Waals surface area contributed by atoms with Crippen LogP contribution in [0.25, 0.3) is 27.9 Å². The van der Waals surface area contributed by atoms with E-state index in [0.29, 0.717) is 16.5 Å². The number of nitrogens with one attached hydrogen (secondary N) is 1. The van der Waals surface area contributed by atoms with Crippen molar-refractivity contribution in [2.24, 2.45) is 0 Å². The first-order valence-corrected chi connectivity index (χ1v) is 13.4. The van der Waals surface area contributed by atoms with Crippen molar-refractivity contribution >= 4 is 17.6 Å². The van der Waals surface area contributed by atoms with Crippen LogP contribution in [0.15, 0.2) is 67.3 Å². The predicted molar refractivity (Wildman–Crippen MR) is 144 cm³/mol. The van der Waals surface area contributed by atoms with E-state index in [1.165, 1.54) is 41.3 Å². The Labute approximate surface area is 258 Å². The Morgan fingerprint density at radius 1 is 1.09 bits per heavy atom. The third-order valence-electron chi connectivity index (χ3n) is 6.82. The molecule has 2 aromatic carbocycles. The van der Waals surface area contributed by atoms with E-state index in [1.807, 2.05) is 0 Å². The molecule has 0 aliphatic carbocycles. The number of hydrogen-bond acceptors (Lipinski definition) is 5. The highest BCUT2D eigenvalue weighted by Gasteiger charge is 2.41. The van der Waals surface area contributed by atoms with E-state index in [9.17, 15) is 36.3 Å². The summed E-state index contributed by atoms with van der Waals surface area (Å²) in [6, 6.07) is 7.11. The van der Waals surface area contributed by atoms with Crippen LogP contribution in [0.2, 0.25) is 5.02 Å². The van der Waals surface area contributed by atoms with Gasteiger partial charge in [-0.15, -0.1) is 4.68 Å². The summed E-state index contributed by atoms with van der Waals surface area (Å²) < 4.78 is 101. The fourth-order valence-corrected chi connectivity index (χ4v) is 4.83. The molecule has 46 heavy (non-hydrogen) atoms. The molecule has 0 aliphatic rings. The molecule has 10 nitrogen and oxygen atoms in total. The quantitative estimate of drug-likeness (QED) is 0.111. The highest BCUT2D eigenvalue weighted by Crippen LogP contribution is 2.33. The van der Waals surface area contributed by atoms with E-state index in [4.69, 9.17) is 16.7 Å². The highest BCUT2D eigenvalue weighted by atomic mass is 35.5. The Balaban J connectivity index is 1.54. The molecule has 0 unspecified atom stereocenters. The van der Waals surface area contributed by atoms with Gasteiger partial charge in [-0.25, -0.2) is 13.6 Å². The number of hydrogen-bond donors (Lipinski definition) is 2. The average molecular weight is 672 g/mol. The van der Waals surface area contributed by atoms with Crippen LogP contribution in [-0.2, 0) is 10.9 Å². The molecule has 5 aromatic rings. The predicted octanol–water partition coefficient (Wildman–Crippen LogP) is 5.72. The van der Waals surface area contributed by atoms with E-state index < -0.39 is 59.3 Å². The molecule has 0 aliphatic heterocycles. The number of carboxylic acid groups (broad SMARTS) is 1. The molecule has 0 radical (unpaired) electrons. The summed E-state index contributed by atoms with van der Waals surface area (Å²) in [5.74, 6) is -3.54. The minimum absolute atomic E-state index is 0.0822. The Kier molecular flexibility index (Phi) is 8.98. The third kappa shape index (κ3) is 6.64. The second-order valence-corrected chi connectivity index (χ2v) is 10.1. The van der Waals surface area contributed by atoms with Gasteiger partial charge >= 0.3 is 24.5 Å². The molecule has 0 saturated heterocycles. The summed E-state index contributed by atoms with van der Waals surface area (Å²) in [6.07, 6.45) is -0.873. The zero-order valence-corrected chi connectivity index (χ0v) is 23.6. The van der Waals surface area contributed by atoms with E-state index in [2.05, 4.69) is 20.1 Å². The van der Waals surface area contributed by atoms with Crippen molar-refractivity contribution in [3.05, 3.63) is 106 Å². The maximum absolute atomic E-state index is 15.4. The summed E-state index contributed by atoms with van der Waals surface area (Å²) in [4.78, 5) is 11.2. The Hall–Kier alpha value is -5.03. The monoisotopic (exact) mass is 671 g/mol. The van der Waals surface area contributed by atoms with Crippen molar-refractivity contribution in [1.29, 1.82) is 0 Å². The van der Waals surface area contributed by atoms with E-state index in [-0.39, 0.29) is 34.5 Å². The molecule has 0 amide bonds. The van der Waals surface area contributed by atoms with Crippen LogP contribution in [0.1, 0.15) is 34.2 Å². The largest absolute Gasteiger partial charge is 0.618 e. The summed E-state index contributed by atoms with van der Waals surface area (Å²) in [5, 5.41) is 31.5. The minimum Gasteiger partial charge on any atom is -0.618 e. The van der Waals surface area contributed by atoms with Gasteiger partial charge in [0.25, 0.3) is 0 Å². The number of alkyl halides is 5. The molecule has 0 spiro atoms. The van der Waals surface area contributed by atoms with Crippen molar-refractivity contribution in [3.63, 3.8) is 0 Å². The molecular weight excluding hydrogens is 653 g/mol. The molecular formula is C28H19ClF7N6O4+. The Morgan fingerprint density at radius 2 is 1.83 bits per heavy atom. The molecule has 1 atom stereocenters. The first kappa shape index (κ1) is 32.4. The zero-order valence-electron chi connectivity index (χ0n) is 22.9. The van der Waals surface area contributed by atoms with E-state index >= 15 is 4.39 Å². The van der Waals surface area contributed by atoms with Gasteiger partial charge < -0.3 is 15.1 Å². The lowest BCUT2D eigenvalue weighted by molar-refractivity contribution is -0.659. The molecule has 0 saturated carbocycles. The molecule has 2 N–H and O–H groups in total. The second kappa shape index (κ2) is 12.8. The van der Waals surface area contributed by atoms with Gasteiger partial charge in [-0.05, 0) is 35.9 Å². The van der Waals surface area contributed by atoms with Crippen LogP contribution in [0.4, 0.5) is 30.7 Å². The lowest BCUT2D eigenvalue weighted by Gasteiger charge is -2.18. The highest BCUT2D eigenvalue weighted by molar-refractivity contribution is 6.31. The van der Waals surface area contributed by atoms with Crippen molar-refractivity contribution in [2.45, 2.75) is 25.3 Å². The number of aromatic carboxylic acids is 1. The van der Waals surface area contributed by atoms with Gasteiger partial charge in [-0.1, -0.05) is 22.9 Å². The molecule has 18 heteroatoms. The zero-order chi connectivity index (χ0) is 33.3. The summed E-state index contributed by atoms with van der Waals surface area (Å²) >= 11 is 5.96. The number of aromatic amines is 1. The van der Waals surface area contributed by atoms with Crippen LogP contribution in [-0.4, -0.2) is 44.4 Å². The minimum atomic E-state index is -4.81. The molecule has 0 fully saturated rings. The van der Waals surface area contributed by atoms with Crippen LogP contribution in [0.5, 0.6) is 0 Å². The van der Waals surface area contributed by atoms with Gasteiger partial charge in [0.1, 0.15) is 11.9 Å². The number of rotatable bonds is 10. The summed E-state index contributed by atoms with van der Waals surface area (Å²) in [7, 11) is 0. The maximum atomic E-state index is 15.4. The van der Waals surface area contributed by atoms with Gasteiger partial charge in [-0.2, -0.15) is 31.8 Å². The van der Waals surface area contributed by atoms with Gasteiger partial charge in [0.05, 0.1) is 39.6 Å². The second-order valence-electron chi connectivity index (χ2n) is 9.66. The first-order chi connectivity index (χ1) is 21.7. The SMILES string of the molecule is O=C(O)c1ccc(-c2cnn([C@@H](CCOC(F)F)c3ccc(-c4c(-[n+]5cc(C(F)(F)F)n[nH]5)ccc(Cl)c4F)c[n+]3[O-])c2)cc1F. The summed E-state index contributed by atoms with van der Waals surface area (Å²) in [6.45, 7) is -3.65. The van der Waals surface area contributed by atoms with Gasteiger partial charge in [-0.3, -0.25) is 4.68 Å². The maximum Gasteiger partial charge on any atom is 0.464 e. The average Bonchev–Trinajstić information content (AvgIpc) is 3.68. The van der Waals surface area contributed by atoms with Crippen molar-refractivity contribution in [1.82, 2.24) is 20.1 Å². The van der Waals surface area contributed by atoms with E-state index in [0.717, 1.165) is 29.1 Å². The van der Waals surface area contributed by atoms with Gasteiger partial charge in [0.15, 0.2) is 23.9 Å². The lowest BCUT2D eigenvalue weighted by Crippen LogP contribution is -2.36. The molecule has 5 rings (SSSR count). The number of halogens is 8. The fourth-order valence-electron chi connectivity index (χ4n) is 4.67. The number of H-pyrrole nitrogens is 1. The number of carboxylic acids is 1. The number of nitrogens with zero attached hydrogens (tertiary/aromatic N) is 5. The van der Waals surface area contributed by atoms with Crippen LogP contribution >= 0.6 is 11.6 Å². The van der Waals surface area contributed by atoms with Crippen LogP contribution in [0.3, 0.4) is 0 Å². The Morgan fingerprint density at radius 3 is 2.46 bits per heavy atom. The van der Waals surface area contributed by atoms with E-state index in [1.54, 1.807) is 0 Å². The van der Waals surface area contributed by atoms with Crippen molar-refractivity contribution in [3.8, 4) is 27.9 Å². The van der Waals surface area contributed by atoms with Crippen molar-refractivity contribution in [2.75, 3.05) is 6.61 Å². The molecule has 0 bridgehead atoms. The van der Waals surface area contributed by atoms with Gasteiger partial charge in [0, 0.05) is 24.2 Å². The van der Waals surface area contributed by atoms with Crippen molar-refractivity contribution < 1.29 is 54.8 Å².